The molecule has 0 radical (unpaired) electrons. The summed E-state index contributed by atoms with van der Waals surface area (Å²) in [5.74, 6) is 0.541. The lowest BCUT2D eigenvalue weighted by atomic mass is 10.3. The molecular formula is C12H19N3O2. The second-order valence-corrected chi connectivity index (χ2v) is 3.81. The molecule has 5 heteroatoms. The van der Waals surface area contributed by atoms with Crippen LogP contribution in [0.25, 0.3) is 0 Å². The molecule has 5 nitrogen and oxygen atoms in total. The van der Waals surface area contributed by atoms with E-state index in [-0.39, 0.29) is 17.3 Å². The molecule has 0 aliphatic rings. The molecule has 1 heterocycles. The van der Waals surface area contributed by atoms with Gasteiger partial charge in [0.15, 0.2) is 0 Å². The van der Waals surface area contributed by atoms with Crippen molar-refractivity contribution in [3.63, 3.8) is 0 Å². The number of hydrogen-bond donors (Lipinski definition) is 1. The number of nitrogens with zero attached hydrogens (tertiary/aromatic N) is 2. The van der Waals surface area contributed by atoms with Crippen molar-refractivity contribution < 1.29 is 0 Å². The Hall–Kier alpha value is -1.78. The summed E-state index contributed by atoms with van der Waals surface area (Å²) in [6, 6.07) is 1.46. The second kappa shape index (κ2) is 5.52. The Morgan fingerprint density at radius 1 is 1.35 bits per heavy atom. The minimum atomic E-state index is -0.277. The zero-order chi connectivity index (χ0) is 13.0. The predicted molar refractivity (Wildman–Crippen MR) is 69.6 cm³/mol. The molecule has 0 saturated heterocycles. The van der Waals surface area contributed by atoms with Crippen LogP contribution < -0.4 is 16.6 Å². The van der Waals surface area contributed by atoms with Crippen molar-refractivity contribution in [2.75, 3.05) is 5.32 Å². The fraction of sp³-hybridized carbons (Fsp3) is 0.500. The van der Waals surface area contributed by atoms with Gasteiger partial charge in [-0.25, -0.2) is 4.79 Å². The van der Waals surface area contributed by atoms with Crippen LogP contribution in [-0.2, 0) is 13.1 Å². The van der Waals surface area contributed by atoms with Crippen molar-refractivity contribution in [2.24, 2.45) is 0 Å². The molecule has 17 heavy (non-hydrogen) atoms. The van der Waals surface area contributed by atoms with Crippen molar-refractivity contribution in [1.82, 2.24) is 9.13 Å². The maximum atomic E-state index is 12.0. The summed E-state index contributed by atoms with van der Waals surface area (Å²) in [6.07, 6.45) is 1.72. The Kier molecular flexibility index (Phi) is 4.31. The Morgan fingerprint density at radius 2 is 1.94 bits per heavy atom. The van der Waals surface area contributed by atoms with E-state index in [4.69, 9.17) is 0 Å². The number of aromatic nitrogens is 2. The first-order chi connectivity index (χ1) is 8.04. The standard InChI is InChI=1S/C12H19N3O2/c1-5-9(4)13-10-8-11(16)15(7-3)12(17)14(10)6-2/h5,8-9,13H,1,6-7H2,2-4H3. The topological polar surface area (TPSA) is 56.0 Å². The van der Waals surface area contributed by atoms with Crippen LogP contribution in [0.1, 0.15) is 20.8 Å². The van der Waals surface area contributed by atoms with E-state index >= 15 is 0 Å². The Balaban J connectivity index is 3.37. The lowest BCUT2D eigenvalue weighted by Gasteiger charge is -2.17. The smallest absolute Gasteiger partial charge is 0.332 e. The monoisotopic (exact) mass is 237 g/mol. The average molecular weight is 237 g/mol. The first-order valence-electron chi connectivity index (χ1n) is 5.78. The fourth-order valence-corrected chi connectivity index (χ4v) is 1.62. The lowest BCUT2D eigenvalue weighted by Crippen LogP contribution is -2.40. The van der Waals surface area contributed by atoms with E-state index in [1.165, 1.54) is 10.6 Å². The van der Waals surface area contributed by atoms with E-state index in [2.05, 4.69) is 11.9 Å². The Bertz CT molecular complexity index is 513. The van der Waals surface area contributed by atoms with Gasteiger partial charge in [-0.1, -0.05) is 6.08 Å². The van der Waals surface area contributed by atoms with Crippen LogP contribution in [0.15, 0.2) is 28.3 Å². The maximum absolute atomic E-state index is 12.0. The van der Waals surface area contributed by atoms with Gasteiger partial charge in [0.2, 0.25) is 0 Å². The number of nitrogens with one attached hydrogen (secondary N) is 1. The summed E-state index contributed by atoms with van der Waals surface area (Å²) in [5, 5.41) is 3.08. The van der Waals surface area contributed by atoms with Crippen LogP contribution in [0.4, 0.5) is 5.82 Å². The molecule has 0 spiro atoms. The van der Waals surface area contributed by atoms with Gasteiger partial charge in [-0.3, -0.25) is 13.9 Å². The molecule has 1 atom stereocenters. The predicted octanol–water partition coefficient (Wildman–Crippen LogP) is 1.04. The Labute approximate surface area is 100 Å². The summed E-state index contributed by atoms with van der Waals surface area (Å²) in [7, 11) is 0. The second-order valence-electron chi connectivity index (χ2n) is 3.81. The van der Waals surface area contributed by atoms with Crippen LogP contribution >= 0.6 is 0 Å². The third kappa shape index (κ3) is 2.67. The number of anilines is 1. The summed E-state index contributed by atoms with van der Waals surface area (Å²) in [6.45, 7) is 10.1. The van der Waals surface area contributed by atoms with Gasteiger partial charge >= 0.3 is 5.69 Å². The highest BCUT2D eigenvalue weighted by Gasteiger charge is 2.09. The van der Waals surface area contributed by atoms with E-state index in [0.717, 1.165) is 0 Å². The molecule has 0 amide bonds. The number of hydrogen-bond acceptors (Lipinski definition) is 3. The van der Waals surface area contributed by atoms with Crippen LogP contribution in [0.2, 0.25) is 0 Å². The van der Waals surface area contributed by atoms with Gasteiger partial charge in [-0.05, 0) is 20.8 Å². The molecule has 0 bridgehead atoms. The van der Waals surface area contributed by atoms with E-state index in [9.17, 15) is 9.59 Å². The highest BCUT2D eigenvalue weighted by molar-refractivity contribution is 5.36. The zero-order valence-corrected chi connectivity index (χ0v) is 10.6. The van der Waals surface area contributed by atoms with Crippen LogP contribution in [0.3, 0.4) is 0 Å². The molecule has 1 rings (SSSR count). The summed E-state index contributed by atoms with van der Waals surface area (Å²) < 4.78 is 2.76. The average Bonchev–Trinajstić information content (AvgIpc) is 2.29. The largest absolute Gasteiger partial charge is 0.365 e. The summed E-state index contributed by atoms with van der Waals surface area (Å²) in [4.78, 5) is 23.7. The molecule has 0 saturated carbocycles. The minimum Gasteiger partial charge on any atom is -0.365 e. The van der Waals surface area contributed by atoms with Gasteiger partial charge in [0, 0.05) is 25.2 Å². The molecule has 0 aromatic carbocycles. The Morgan fingerprint density at radius 3 is 2.41 bits per heavy atom. The normalized spacial score (nSPS) is 12.2. The third-order valence-electron chi connectivity index (χ3n) is 2.64. The minimum absolute atomic E-state index is 0.00377. The fourth-order valence-electron chi connectivity index (χ4n) is 1.62. The van der Waals surface area contributed by atoms with Crippen molar-refractivity contribution in [2.45, 2.75) is 39.9 Å². The molecule has 1 N–H and O–H groups in total. The van der Waals surface area contributed by atoms with Gasteiger partial charge in [-0.2, -0.15) is 0 Å². The number of rotatable bonds is 5. The van der Waals surface area contributed by atoms with Gasteiger partial charge < -0.3 is 5.32 Å². The van der Waals surface area contributed by atoms with E-state index < -0.39 is 0 Å². The highest BCUT2D eigenvalue weighted by Crippen LogP contribution is 2.03. The molecule has 0 fully saturated rings. The van der Waals surface area contributed by atoms with Gasteiger partial charge in [0.25, 0.3) is 5.56 Å². The summed E-state index contributed by atoms with van der Waals surface area (Å²) in [5.41, 5.74) is -0.553. The first kappa shape index (κ1) is 13.3. The SMILES string of the molecule is C=CC(C)Nc1cc(=O)n(CC)c(=O)n1CC. The van der Waals surface area contributed by atoms with Crippen LogP contribution in [0, 0.1) is 0 Å². The first-order valence-corrected chi connectivity index (χ1v) is 5.78. The molecule has 1 aromatic rings. The molecule has 0 aliphatic carbocycles. The van der Waals surface area contributed by atoms with Crippen LogP contribution in [-0.4, -0.2) is 15.2 Å². The van der Waals surface area contributed by atoms with Crippen LogP contribution in [0.5, 0.6) is 0 Å². The zero-order valence-electron chi connectivity index (χ0n) is 10.6. The molecular weight excluding hydrogens is 218 g/mol. The van der Waals surface area contributed by atoms with E-state index in [1.54, 1.807) is 17.6 Å². The van der Waals surface area contributed by atoms with Gasteiger partial charge in [0.05, 0.1) is 0 Å². The highest BCUT2D eigenvalue weighted by atomic mass is 16.2. The van der Waals surface area contributed by atoms with Gasteiger partial charge in [0.1, 0.15) is 5.82 Å². The van der Waals surface area contributed by atoms with Crippen molar-refractivity contribution in [1.29, 1.82) is 0 Å². The maximum Gasteiger partial charge on any atom is 0.332 e. The van der Waals surface area contributed by atoms with Gasteiger partial charge in [-0.15, -0.1) is 6.58 Å². The third-order valence-corrected chi connectivity index (χ3v) is 2.64. The molecule has 1 aromatic heterocycles. The van der Waals surface area contributed by atoms with Crippen molar-refractivity contribution in [3.8, 4) is 0 Å². The van der Waals surface area contributed by atoms with Crippen molar-refractivity contribution >= 4 is 5.82 Å². The van der Waals surface area contributed by atoms with E-state index in [1.807, 2.05) is 13.8 Å². The van der Waals surface area contributed by atoms with Crippen molar-refractivity contribution in [3.05, 3.63) is 39.6 Å². The lowest BCUT2D eigenvalue weighted by molar-refractivity contribution is 0.590. The quantitative estimate of drug-likeness (QED) is 0.778. The summed E-state index contributed by atoms with van der Waals surface area (Å²) >= 11 is 0. The molecule has 0 aliphatic heterocycles. The van der Waals surface area contributed by atoms with E-state index in [0.29, 0.717) is 18.9 Å². The molecule has 1 unspecified atom stereocenters. The molecule has 94 valence electrons.